The van der Waals surface area contributed by atoms with Gasteiger partial charge in [0.25, 0.3) is 0 Å². The lowest BCUT2D eigenvalue weighted by molar-refractivity contribution is -0.225. The van der Waals surface area contributed by atoms with Gasteiger partial charge in [-0.05, 0) is 115 Å². The zero-order chi connectivity index (χ0) is 28.7. The smallest absolute Gasteiger partial charge is 0.310 e. The van der Waals surface area contributed by atoms with Gasteiger partial charge in [-0.15, -0.1) is 0 Å². The predicted octanol–water partition coefficient (Wildman–Crippen LogP) is 4.96. The summed E-state index contributed by atoms with van der Waals surface area (Å²) in [6.07, 6.45) is 2.57. The average molecular weight is 578 g/mol. The molecular weight excluding hydrogens is 527 g/mol. The summed E-state index contributed by atoms with van der Waals surface area (Å²) in [5, 5.41) is 0. The highest BCUT2D eigenvalue weighted by Gasteiger charge is 2.64. The van der Waals surface area contributed by atoms with E-state index in [1.807, 2.05) is 21.0 Å². The van der Waals surface area contributed by atoms with Gasteiger partial charge in [0.2, 0.25) is 0 Å². The molecule has 3 aliphatic carbocycles. The minimum Gasteiger partial charge on any atom is -0.458 e. The quantitative estimate of drug-likeness (QED) is 0.266. The first-order valence-electron chi connectivity index (χ1n) is 15.1. The molecule has 2 saturated heterocycles. The number of hydrogen-bond donors (Lipinski definition) is 0. The molecule has 0 radical (unpaired) electrons. The van der Waals surface area contributed by atoms with Crippen molar-refractivity contribution in [2.45, 2.75) is 116 Å². The number of esters is 1. The number of rotatable bonds is 4. The summed E-state index contributed by atoms with van der Waals surface area (Å²) in [5.74, 6) is 0.705. The van der Waals surface area contributed by atoms with Crippen molar-refractivity contribution in [3.8, 4) is 0 Å². The van der Waals surface area contributed by atoms with Crippen LogP contribution in [0.2, 0.25) is 31.9 Å². The maximum absolute atomic E-state index is 14.9. The number of fused-ring (bicyclic) bond motifs is 6. The van der Waals surface area contributed by atoms with Crippen LogP contribution in [-0.4, -0.2) is 84.4 Å². The van der Waals surface area contributed by atoms with Gasteiger partial charge in [0.15, 0.2) is 22.4 Å². The zero-order valence-electron chi connectivity index (χ0n) is 25.8. The van der Waals surface area contributed by atoms with Gasteiger partial charge in [0.1, 0.15) is 12.2 Å². The van der Waals surface area contributed by atoms with E-state index < -0.39 is 28.2 Å². The van der Waals surface area contributed by atoms with Crippen LogP contribution in [0.25, 0.3) is 0 Å². The number of nitrogens with zero attached hydrogens (tertiary/aromatic N) is 1. The summed E-state index contributed by atoms with van der Waals surface area (Å²) in [7, 11) is -0.357. The maximum Gasteiger partial charge on any atom is 0.310 e. The fraction of sp³-hybridized carbons (Fsp3) is 0.867. The second-order valence-electron chi connectivity index (χ2n) is 15.0. The first-order chi connectivity index (χ1) is 18.0. The lowest BCUT2D eigenvalue weighted by Crippen LogP contribution is -2.66. The maximum atomic E-state index is 14.9. The second-order valence-corrected chi connectivity index (χ2v) is 23.9. The lowest BCUT2D eigenvalue weighted by Gasteiger charge is -2.59. The molecule has 10 atom stereocenters. The molecule has 0 spiro atoms. The summed E-state index contributed by atoms with van der Waals surface area (Å²) in [5.41, 5.74) is 2.46. The topological polar surface area (TPSA) is 74.3 Å². The molecule has 7 unspecified atom stereocenters. The molecule has 0 aromatic rings. The summed E-state index contributed by atoms with van der Waals surface area (Å²) in [4.78, 5) is 30.3. The van der Waals surface area contributed by atoms with E-state index in [-0.39, 0.29) is 47.9 Å². The molecule has 0 aromatic heterocycles. The summed E-state index contributed by atoms with van der Waals surface area (Å²) < 4.78 is 26.5. The Morgan fingerprint density at radius 3 is 2.36 bits per heavy atom. The second kappa shape index (κ2) is 10.2. The SMILES string of the molecule is CC1=C2CC(CC1OC(=O)[C@H](C)[C@H](C)N(C)C)CC1C3COC3CC3O[Si](C)(C)C[Si](C)(C)OC2C(=O)[C@]31C. The first kappa shape index (κ1) is 29.6. The highest BCUT2D eigenvalue weighted by Crippen LogP contribution is 2.58. The van der Waals surface area contributed by atoms with E-state index in [0.717, 1.165) is 49.1 Å². The standard InChI is InChI=1S/C30H51NO6Si2/c1-17(19(3)31(5)6)29(33)35-24-13-20-11-21(18(24)2)27-28(32)30(4)23(12-20)22-15-34-25(22)14-26(30)36-38(7,8)16-39(9,10)37-27/h17,19-20,22-27H,11-16H2,1-10H3/t17-,19+,20?,22?,23?,24?,25?,26?,27?,30+/m1/s1. The van der Waals surface area contributed by atoms with Crippen molar-refractivity contribution in [1.82, 2.24) is 4.90 Å². The third-order valence-corrected chi connectivity index (χ3v) is 19.6. The normalized spacial score (nSPS) is 42.5. The molecule has 0 amide bonds. The highest BCUT2D eigenvalue weighted by molar-refractivity contribution is 6.89. The van der Waals surface area contributed by atoms with Crippen LogP contribution in [0.15, 0.2) is 11.1 Å². The summed E-state index contributed by atoms with van der Waals surface area (Å²) in [6.45, 7) is 18.1. The number of hydrogen-bond acceptors (Lipinski definition) is 7. The van der Waals surface area contributed by atoms with Crippen LogP contribution in [0, 0.1) is 29.1 Å². The van der Waals surface area contributed by atoms with E-state index >= 15 is 0 Å². The average Bonchev–Trinajstić information content (AvgIpc) is 2.83. The van der Waals surface area contributed by atoms with Gasteiger partial charge in [0.05, 0.1) is 30.1 Å². The fourth-order valence-corrected chi connectivity index (χ4v) is 19.4. The van der Waals surface area contributed by atoms with Crippen LogP contribution < -0.4 is 0 Å². The monoisotopic (exact) mass is 577 g/mol. The zero-order valence-corrected chi connectivity index (χ0v) is 27.8. The Labute approximate surface area is 237 Å². The van der Waals surface area contributed by atoms with Crippen molar-refractivity contribution in [1.29, 1.82) is 0 Å². The molecule has 2 heterocycles. The molecule has 220 valence electrons. The van der Waals surface area contributed by atoms with E-state index in [1.54, 1.807) is 0 Å². The Bertz CT molecular complexity index is 1040. The fourth-order valence-electron chi connectivity index (χ4n) is 8.53. The lowest BCUT2D eigenvalue weighted by atomic mass is 9.52. The highest BCUT2D eigenvalue weighted by atomic mass is 28.4. The van der Waals surface area contributed by atoms with Crippen LogP contribution in [-0.2, 0) is 27.9 Å². The van der Waals surface area contributed by atoms with Crippen molar-refractivity contribution in [3.05, 3.63) is 11.1 Å². The molecular formula is C30H51NO6Si2. The van der Waals surface area contributed by atoms with E-state index in [4.69, 9.17) is 18.3 Å². The third-order valence-electron chi connectivity index (χ3n) is 11.0. The minimum atomic E-state index is -2.24. The number of carbonyl (C=O) groups is 2. The van der Waals surface area contributed by atoms with Crippen LogP contribution >= 0.6 is 0 Å². The predicted molar refractivity (Wildman–Crippen MR) is 156 cm³/mol. The van der Waals surface area contributed by atoms with Crippen LogP contribution in [0.4, 0.5) is 0 Å². The molecule has 39 heavy (non-hydrogen) atoms. The molecule has 5 aliphatic rings. The van der Waals surface area contributed by atoms with Crippen LogP contribution in [0.1, 0.15) is 53.4 Å². The first-order valence-corrected chi connectivity index (χ1v) is 21.3. The molecule has 4 fully saturated rings. The van der Waals surface area contributed by atoms with Gasteiger partial charge in [-0.2, -0.15) is 0 Å². The van der Waals surface area contributed by atoms with E-state index in [2.05, 4.69) is 51.9 Å². The van der Waals surface area contributed by atoms with E-state index in [0.29, 0.717) is 11.8 Å². The van der Waals surface area contributed by atoms with Crippen LogP contribution in [0.5, 0.6) is 0 Å². The summed E-state index contributed by atoms with van der Waals surface area (Å²) in [6, 6.07) is 0.0774. The largest absolute Gasteiger partial charge is 0.458 e. The minimum absolute atomic E-state index is 0.0774. The third kappa shape index (κ3) is 5.18. The molecule has 7 nitrogen and oxygen atoms in total. The Balaban J connectivity index is 1.57. The molecule has 2 aliphatic heterocycles. The number of carbonyl (C=O) groups excluding carboxylic acids is 2. The van der Waals surface area contributed by atoms with Crippen molar-refractivity contribution in [2.75, 3.05) is 20.7 Å². The van der Waals surface area contributed by atoms with Gasteiger partial charge in [-0.3, -0.25) is 9.59 Å². The van der Waals surface area contributed by atoms with Crippen molar-refractivity contribution < 1.29 is 27.9 Å². The Kier molecular flexibility index (Phi) is 7.72. The number of Topliss-reactive ketones (excluding diaryl/α,β-unsaturated/α-hetero) is 1. The van der Waals surface area contributed by atoms with E-state index in [9.17, 15) is 9.59 Å². The number of ether oxygens (including phenoxy) is 2. The Hall–Kier alpha value is -0.846. The van der Waals surface area contributed by atoms with Gasteiger partial charge < -0.3 is 23.2 Å². The molecule has 9 heteroatoms. The summed E-state index contributed by atoms with van der Waals surface area (Å²) >= 11 is 0. The van der Waals surface area contributed by atoms with Gasteiger partial charge in [-0.25, -0.2) is 0 Å². The van der Waals surface area contributed by atoms with E-state index in [1.165, 1.54) is 0 Å². The molecule has 2 saturated carbocycles. The van der Waals surface area contributed by atoms with Gasteiger partial charge in [0, 0.05) is 12.0 Å². The Morgan fingerprint density at radius 2 is 1.74 bits per heavy atom. The van der Waals surface area contributed by atoms with Crippen molar-refractivity contribution >= 4 is 28.4 Å². The van der Waals surface area contributed by atoms with Gasteiger partial charge >= 0.3 is 5.97 Å². The number of ketones is 1. The van der Waals surface area contributed by atoms with Crippen molar-refractivity contribution in [3.63, 3.8) is 0 Å². The molecule has 0 aromatic carbocycles. The molecule has 4 bridgehead atoms. The Morgan fingerprint density at radius 1 is 1.08 bits per heavy atom. The molecule has 5 rings (SSSR count). The molecule has 0 N–H and O–H groups in total. The van der Waals surface area contributed by atoms with Gasteiger partial charge in [-0.1, -0.05) is 6.92 Å². The van der Waals surface area contributed by atoms with Crippen molar-refractivity contribution in [2.24, 2.45) is 29.1 Å². The van der Waals surface area contributed by atoms with Crippen LogP contribution in [0.3, 0.4) is 0 Å².